The van der Waals surface area contributed by atoms with Crippen LogP contribution in [0.3, 0.4) is 0 Å². The van der Waals surface area contributed by atoms with Crippen LogP contribution in [0.5, 0.6) is 11.5 Å². The molecule has 0 unspecified atom stereocenters. The maximum Gasteiger partial charge on any atom is 0.254 e. The Balaban J connectivity index is 1.31. The Morgan fingerprint density at radius 3 is 2.30 bits per heavy atom. The molecule has 2 saturated heterocycles. The van der Waals surface area contributed by atoms with Gasteiger partial charge in [-0.2, -0.15) is 0 Å². The normalized spacial score (nSPS) is 29.8. The van der Waals surface area contributed by atoms with Crippen LogP contribution in [0.2, 0.25) is 0 Å². The van der Waals surface area contributed by atoms with Gasteiger partial charge < -0.3 is 15.2 Å². The Labute approximate surface area is 297 Å². The van der Waals surface area contributed by atoms with Crippen LogP contribution in [-0.2, 0) is 19.2 Å². The minimum atomic E-state index is -2.05. The van der Waals surface area contributed by atoms with Crippen LogP contribution in [0.15, 0.2) is 82.9 Å². The lowest BCUT2D eigenvalue weighted by Gasteiger charge is -2.50. The molecule has 13 heteroatoms. The second-order valence-corrected chi connectivity index (χ2v) is 14.7. The van der Waals surface area contributed by atoms with Gasteiger partial charge in [0.2, 0.25) is 11.8 Å². The Hall–Kier alpha value is -3.38. The van der Waals surface area contributed by atoms with E-state index >= 15 is 0 Å². The maximum atomic E-state index is 14.3. The molecular weight excluding hydrogens is 777 g/mol. The number of halogens is 4. The molecule has 2 heterocycles. The van der Waals surface area contributed by atoms with E-state index in [0.29, 0.717) is 15.7 Å². The van der Waals surface area contributed by atoms with E-state index in [1.165, 1.54) is 12.0 Å². The van der Waals surface area contributed by atoms with Gasteiger partial charge in [0.05, 0.1) is 30.1 Å². The number of nitrogens with one attached hydrogen (secondary N) is 1. The van der Waals surface area contributed by atoms with E-state index in [4.69, 9.17) is 27.9 Å². The van der Waals surface area contributed by atoms with Gasteiger partial charge in [0.1, 0.15) is 0 Å². The Kier molecular flexibility index (Phi) is 7.97. The molecule has 2 N–H and O–H groups in total. The number of aromatic hydroxyl groups is 1. The standard InChI is InChI=1S/C34H27Br2Cl2N3O6/c1-47-25-14-17(36)13-23(28(25)42)27-21-11-12-22-26(24(21)15-33(37)31(45)40(16-35)32(46)34(27,33)38)30(44)41(29(22)43)20-9-7-19(8-10-20)39-18-5-3-2-4-6-18/h2-11,13-14,22,24,26-27,39,42H,12,15-16H2,1H3/t22-,24+,26-,27+,33+,34-/m0/s1. The lowest BCUT2D eigenvalue weighted by molar-refractivity contribution is -0.138. The third kappa shape index (κ3) is 4.60. The molecule has 6 atom stereocenters. The van der Waals surface area contributed by atoms with Crippen molar-refractivity contribution in [3.05, 3.63) is 88.4 Å². The van der Waals surface area contributed by atoms with E-state index in [2.05, 4.69) is 37.2 Å². The number of phenolic OH excluding ortho intramolecular Hbond substituents is 1. The number of phenols is 1. The zero-order valence-corrected chi connectivity index (χ0v) is 29.4. The molecule has 0 bridgehead atoms. The van der Waals surface area contributed by atoms with Crippen LogP contribution in [0.25, 0.3) is 0 Å². The summed E-state index contributed by atoms with van der Waals surface area (Å²) in [7, 11) is 1.39. The predicted molar refractivity (Wildman–Crippen MR) is 184 cm³/mol. The van der Waals surface area contributed by atoms with Gasteiger partial charge in [-0.05, 0) is 67.3 Å². The van der Waals surface area contributed by atoms with Crippen LogP contribution >= 0.6 is 55.1 Å². The monoisotopic (exact) mass is 801 g/mol. The quantitative estimate of drug-likeness (QED) is 0.122. The van der Waals surface area contributed by atoms with Gasteiger partial charge >= 0.3 is 0 Å². The second-order valence-electron chi connectivity index (χ2n) is 12.1. The number of carbonyl (C=O) groups is 4. The first-order valence-corrected chi connectivity index (χ1v) is 17.5. The second kappa shape index (κ2) is 11.6. The SMILES string of the molecule is COc1cc(Br)cc([C@H]2C3=CC[C@@H]4C(=O)N(c5ccc(Nc6ccccc6)cc5)C(=O)[C@@H]4[C@@H]3C[C@@]3(Cl)C(=O)N(CBr)C(=O)[C@@]23Cl)c1O. The van der Waals surface area contributed by atoms with Gasteiger partial charge in [-0.25, -0.2) is 0 Å². The lowest BCUT2D eigenvalue weighted by atomic mass is 9.56. The fraction of sp³-hybridized carbons (Fsp3) is 0.294. The zero-order chi connectivity index (χ0) is 33.4. The van der Waals surface area contributed by atoms with Crippen molar-refractivity contribution in [2.24, 2.45) is 17.8 Å². The molecule has 3 aromatic rings. The number of para-hydroxylation sites is 1. The highest BCUT2D eigenvalue weighted by atomic mass is 79.9. The summed E-state index contributed by atoms with van der Waals surface area (Å²) in [6, 6.07) is 19.8. The number of hydrogen-bond donors (Lipinski definition) is 2. The van der Waals surface area contributed by atoms with Gasteiger partial charge in [-0.3, -0.25) is 29.0 Å². The minimum Gasteiger partial charge on any atom is -0.504 e. The van der Waals surface area contributed by atoms with Gasteiger partial charge in [-0.15, -0.1) is 23.2 Å². The van der Waals surface area contributed by atoms with Crippen LogP contribution in [0.1, 0.15) is 24.3 Å². The van der Waals surface area contributed by atoms with Crippen LogP contribution in [0.4, 0.5) is 17.1 Å². The molecule has 2 aliphatic carbocycles. The van der Waals surface area contributed by atoms with Gasteiger partial charge in [0.15, 0.2) is 21.2 Å². The number of nitrogens with zero attached hydrogens (tertiary/aromatic N) is 2. The van der Waals surface area contributed by atoms with Crippen molar-refractivity contribution in [2.45, 2.75) is 28.5 Å². The molecule has 1 saturated carbocycles. The number of fused-ring (bicyclic) bond motifs is 4. The van der Waals surface area contributed by atoms with Crippen LogP contribution < -0.4 is 15.0 Å². The van der Waals surface area contributed by atoms with Crippen molar-refractivity contribution < 1.29 is 29.0 Å². The zero-order valence-electron chi connectivity index (χ0n) is 24.8. The molecule has 0 aromatic heterocycles. The average molecular weight is 804 g/mol. The first-order chi connectivity index (χ1) is 22.5. The molecule has 9 nitrogen and oxygen atoms in total. The Bertz CT molecular complexity index is 1880. The van der Waals surface area contributed by atoms with E-state index in [1.54, 1.807) is 36.4 Å². The number of alkyl halides is 3. The molecule has 2 aliphatic heterocycles. The molecule has 3 aromatic carbocycles. The first kappa shape index (κ1) is 32.2. The van der Waals surface area contributed by atoms with Crippen molar-refractivity contribution in [1.82, 2.24) is 4.90 Å². The van der Waals surface area contributed by atoms with Crippen molar-refractivity contribution in [1.29, 1.82) is 0 Å². The van der Waals surface area contributed by atoms with Crippen molar-refractivity contribution in [2.75, 3.05) is 22.8 Å². The largest absolute Gasteiger partial charge is 0.504 e. The highest BCUT2D eigenvalue weighted by Gasteiger charge is 2.76. The van der Waals surface area contributed by atoms with E-state index in [9.17, 15) is 24.3 Å². The Morgan fingerprint density at radius 1 is 0.957 bits per heavy atom. The summed E-state index contributed by atoms with van der Waals surface area (Å²) in [5.41, 5.74) is 2.71. The van der Waals surface area contributed by atoms with E-state index in [-0.39, 0.29) is 41.3 Å². The molecule has 7 rings (SSSR count). The highest BCUT2D eigenvalue weighted by molar-refractivity contribution is 9.10. The minimum absolute atomic E-state index is 0.115. The lowest BCUT2D eigenvalue weighted by Crippen LogP contribution is -2.60. The predicted octanol–water partition coefficient (Wildman–Crippen LogP) is 6.82. The van der Waals surface area contributed by atoms with E-state index in [0.717, 1.165) is 16.3 Å². The van der Waals surface area contributed by atoms with Crippen LogP contribution in [0, 0.1) is 17.8 Å². The molecule has 4 amide bonds. The third-order valence-electron chi connectivity index (χ3n) is 9.80. The smallest absolute Gasteiger partial charge is 0.254 e. The Morgan fingerprint density at radius 2 is 1.64 bits per heavy atom. The summed E-state index contributed by atoms with van der Waals surface area (Å²) in [6.45, 7) is 0. The number of likely N-dealkylation sites (tertiary alicyclic amines) is 1. The fourth-order valence-electron chi connectivity index (χ4n) is 7.71. The molecule has 0 radical (unpaired) electrons. The summed E-state index contributed by atoms with van der Waals surface area (Å²) in [5, 5.41) is 14.7. The number of amides is 4. The fourth-order valence-corrected chi connectivity index (χ4v) is 9.58. The molecule has 4 aliphatic rings. The number of ether oxygens (including phenoxy) is 1. The molecule has 47 heavy (non-hydrogen) atoms. The number of anilines is 3. The summed E-state index contributed by atoms with van der Waals surface area (Å²) >= 11 is 21.3. The van der Waals surface area contributed by atoms with Crippen molar-refractivity contribution >= 4 is 95.8 Å². The number of rotatable bonds is 6. The maximum absolute atomic E-state index is 14.3. The molecular formula is C34H27Br2Cl2N3O6. The van der Waals surface area contributed by atoms with Crippen LogP contribution in [-0.4, -0.2) is 55.9 Å². The molecule has 3 fully saturated rings. The third-order valence-corrected chi connectivity index (χ3v) is 12.2. The first-order valence-electron chi connectivity index (χ1n) is 14.8. The number of allylic oxidation sites excluding steroid dienone is 2. The number of imide groups is 2. The number of methoxy groups -OCH3 is 1. The van der Waals surface area contributed by atoms with Gasteiger partial charge in [-0.1, -0.05) is 61.7 Å². The summed E-state index contributed by atoms with van der Waals surface area (Å²) in [4.78, 5) is 54.3. The van der Waals surface area contributed by atoms with Gasteiger partial charge in [0.25, 0.3) is 11.8 Å². The molecule has 0 spiro atoms. The topological polar surface area (TPSA) is 116 Å². The average Bonchev–Trinajstić information content (AvgIpc) is 3.40. The van der Waals surface area contributed by atoms with E-state index < -0.39 is 51.1 Å². The summed E-state index contributed by atoms with van der Waals surface area (Å²) in [6.07, 6.45) is 1.86. The highest BCUT2D eigenvalue weighted by Crippen LogP contribution is 2.66. The summed E-state index contributed by atoms with van der Waals surface area (Å²) in [5.74, 6) is -5.83. The number of hydrogen-bond acceptors (Lipinski definition) is 7. The molecule has 242 valence electrons. The number of benzene rings is 3. The van der Waals surface area contributed by atoms with Crippen molar-refractivity contribution in [3.63, 3.8) is 0 Å². The number of carbonyl (C=O) groups excluding carboxylic acids is 4. The van der Waals surface area contributed by atoms with Crippen molar-refractivity contribution in [3.8, 4) is 11.5 Å². The van der Waals surface area contributed by atoms with Gasteiger partial charge in [0, 0.05) is 27.3 Å². The van der Waals surface area contributed by atoms with E-state index in [1.807, 2.05) is 36.4 Å². The summed E-state index contributed by atoms with van der Waals surface area (Å²) < 4.78 is 5.93.